The molecule has 0 aliphatic rings. The molecule has 14 heavy (non-hydrogen) atoms. The number of aliphatic hydroxyl groups is 1. The molecule has 0 atom stereocenters. The molecule has 78 valence electrons. The molecule has 0 spiro atoms. The Kier molecular flexibility index (Phi) is 6.49. The van der Waals surface area contributed by atoms with E-state index in [1.807, 2.05) is 17.8 Å². The highest BCUT2D eigenvalue weighted by atomic mass is 32.2. The van der Waals surface area contributed by atoms with Gasteiger partial charge in [-0.25, -0.2) is 0 Å². The average Bonchev–Trinajstić information content (AvgIpc) is 2.25. The van der Waals surface area contributed by atoms with Crippen LogP contribution in [-0.4, -0.2) is 30.6 Å². The number of rotatable bonds is 7. The lowest BCUT2D eigenvalue weighted by atomic mass is 10.2. The van der Waals surface area contributed by atoms with Gasteiger partial charge in [0.05, 0.1) is 6.61 Å². The highest BCUT2D eigenvalue weighted by Crippen LogP contribution is 2.10. The van der Waals surface area contributed by atoms with Gasteiger partial charge in [-0.05, 0) is 5.56 Å². The highest BCUT2D eigenvalue weighted by molar-refractivity contribution is 7.98. The lowest BCUT2D eigenvalue weighted by Gasteiger charge is -2.02. The predicted molar refractivity (Wildman–Crippen MR) is 62.6 cm³/mol. The first kappa shape index (κ1) is 11.6. The molecular formula is C11H17NOS. The third-order valence-electron chi connectivity index (χ3n) is 1.82. The van der Waals surface area contributed by atoms with Crippen LogP contribution < -0.4 is 5.32 Å². The quantitative estimate of drug-likeness (QED) is 0.670. The first-order valence-corrected chi connectivity index (χ1v) is 6.02. The van der Waals surface area contributed by atoms with E-state index in [1.165, 1.54) is 5.56 Å². The van der Waals surface area contributed by atoms with Gasteiger partial charge >= 0.3 is 0 Å². The predicted octanol–water partition coefficient (Wildman–Crippen LogP) is 1.50. The first-order valence-electron chi connectivity index (χ1n) is 4.86. The summed E-state index contributed by atoms with van der Waals surface area (Å²) in [4.78, 5) is 0. The van der Waals surface area contributed by atoms with Gasteiger partial charge in [-0.2, -0.15) is 11.8 Å². The number of benzene rings is 1. The molecule has 0 aromatic heterocycles. The largest absolute Gasteiger partial charge is 0.395 e. The summed E-state index contributed by atoms with van der Waals surface area (Å²) in [7, 11) is 0. The molecule has 0 heterocycles. The summed E-state index contributed by atoms with van der Waals surface area (Å²) in [6, 6.07) is 10.5. The summed E-state index contributed by atoms with van der Waals surface area (Å²) >= 11 is 1.91. The van der Waals surface area contributed by atoms with Crippen LogP contribution in [-0.2, 0) is 5.75 Å². The summed E-state index contributed by atoms with van der Waals surface area (Å²) in [5, 5.41) is 11.7. The van der Waals surface area contributed by atoms with Crippen molar-refractivity contribution in [1.29, 1.82) is 0 Å². The second-order valence-corrected chi connectivity index (χ2v) is 4.12. The van der Waals surface area contributed by atoms with E-state index in [-0.39, 0.29) is 6.61 Å². The van der Waals surface area contributed by atoms with Crippen molar-refractivity contribution in [2.75, 3.05) is 25.4 Å². The molecule has 1 aromatic rings. The van der Waals surface area contributed by atoms with E-state index < -0.39 is 0 Å². The number of thioether (sulfide) groups is 1. The third kappa shape index (κ3) is 5.27. The van der Waals surface area contributed by atoms with Gasteiger partial charge in [0, 0.05) is 24.6 Å². The summed E-state index contributed by atoms with van der Waals surface area (Å²) in [6.07, 6.45) is 0. The molecule has 0 aliphatic heterocycles. The lowest BCUT2D eigenvalue weighted by Crippen LogP contribution is -2.20. The van der Waals surface area contributed by atoms with E-state index in [1.54, 1.807) is 0 Å². The number of nitrogens with one attached hydrogen (secondary N) is 1. The molecule has 0 fully saturated rings. The van der Waals surface area contributed by atoms with E-state index in [9.17, 15) is 0 Å². The Labute approximate surface area is 89.7 Å². The zero-order chi connectivity index (χ0) is 10.1. The Morgan fingerprint density at radius 2 is 1.93 bits per heavy atom. The molecule has 3 heteroatoms. The lowest BCUT2D eigenvalue weighted by molar-refractivity contribution is 0.294. The van der Waals surface area contributed by atoms with Gasteiger partial charge in [0.2, 0.25) is 0 Å². The SMILES string of the molecule is OCCNCCSCc1ccccc1. The molecule has 2 nitrogen and oxygen atoms in total. The van der Waals surface area contributed by atoms with Crippen molar-refractivity contribution in [2.45, 2.75) is 5.75 Å². The summed E-state index contributed by atoms with van der Waals surface area (Å²) in [5.41, 5.74) is 1.37. The fraction of sp³-hybridized carbons (Fsp3) is 0.455. The van der Waals surface area contributed by atoms with Crippen LogP contribution in [0.25, 0.3) is 0 Å². The Hall–Kier alpha value is -0.510. The Morgan fingerprint density at radius 3 is 2.64 bits per heavy atom. The molecule has 1 rings (SSSR count). The number of aliphatic hydroxyl groups excluding tert-OH is 1. The van der Waals surface area contributed by atoms with Crippen LogP contribution in [0.5, 0.6) is 0 Å². The minimum Gasteiger partial charge on any atom is -0.395 e. The van der Waals surface area contributed by atoms with Crippen LogP contribution in [0.15, 0.2) is 30.3 Å². The van der Waals surface area contributed by atoms with Crippen molar-refractivity contribution in [3.8, 4) is 0 Å². The molecule has 0 aliphatic carbocycles. The van der Waals surface area contributed by atoms with E-state index in [2.05, 4.69) is 29.6 Å². The summed E-state index contributed by atoms with van der Waals surface area (Å²) in [6.45, 7) is 1.90. The fourth-order valence-electron chi connectivity index (χ4n) is 1.11. The number of hydrogen-bond donors (Lipinski definition) is 2. The van der Waals surface area contributed by atoms with Gasteiger partial charge in [-0.15, -0.1) is 0 Å². The van der Waals surface area contributed by atoms with Crippen LogP contribution in [0.2, 0.25) is 0 Å². The van der Waals surface area contributed by atoms with Crippen molar-refractivity contribution in [1.82, 2.24) is 5.32 Å². The van der Waals surface area contributed by atoms with E-state index in [0.29, 0.717) is 6.54 Å². The second-order valence-electron chi connectivity index (χ2n) is 3.01. The normalized spacial score (nSPS) is 10.4. The summed E-state index contributed by atoms with van der Waals surface area (Å²) < 4.78 is 0. The van der Waals surface area contributed by atoms with Crippen LogP contribution >= 0.6 is 11.8 Å². The van der Waals surface area contributed by atoms with Crippen LogP contribution in [0.1, 0.15) is 5.56 Å². The van der Waals surface area contributed by atoms with Gasteiger partial charge in [-0.3, -0.25) is 0 Å². The molecule has 0 radical (unpaired) electrons. The Morgan fingerprint density at radius 1 is 1.14 bits per heavy atom. The molecule has 0 saturated carbocycles. The van der Waals surface area contributed by atoms with Gasteiger partial charge in [0.15, 0.2) is 0 Å². The van der Waals surface area contributed by atoms with Crippen LogP contribution in [0.3, 0.4) is 0 Å². The van der Waals surface area contributed by atoms with Crippen molar-refractivity contribution in [3.05, 3.63) is 35.9 Å². The van der Waals surface area contributed by atoms with Gasteiger partial charge in [-0.1, -0.05) is 30.3 Å². The zero-order valence-electron chi connectivity index (χ0n) is 8.28. The van der Waals surface area contributed by atoms with Gasteiger partial charge in [0.25, 0.3) is 0 Å². The minimum absolute atomic E-state index is 0.226. The molecule has 0 saturated heterocycles. The topological polar surface area (TPSA) is 32.3 Å². The maximum atomic E-state index is 8.53. The molecule has 0 bridgehead atoms. The number of hydrogen-bond acceptors (Lipinski definition) is 3. The van der Waals surface area contributed by atoms with Gasteiger partial charge < -0.3 is 10.4 Å². The Bertz CT molecular complexity index is 228. The van der Waals surface area contributed by atoms with Crippen LogP contribution in [0, 0.1) is 0 Å². The average molecular weight is 211 g/mol. The maximum Gasteiger partial charge on any atom is 0.0555 e. The third-order valence-corrected chi connectivity index (χ3v) is 2.85. The highest BCUT2D eigenvalue weighted by Gasteiger charge is 1.91. The molecule has 1 aromatic carbocycles. The second kappa shape index (κ2) is 7.85. The monoisotopic (exact) mass is 211 g/mol. The standard InChI is InChI=1S/C11H17NOS/c13-8-6-12-7-9-14-10-11-4-2-1-3-5-11/h1-5,12-13H,6-10H2. The smallest absolute Gasteiger partial charge is 0.0555 e. The van der Waals surface area contributed by atoms with Crippen molar-refractivity contribution >= 4 is 11.8 Å². The van der Waals surface area contributed by atoms with Gasteiger partial charge in [0.1, 0.15) is 0 Å². The van der Waals surface area contributed by atoms with Crippen molar-refractivity contribution < 1.29 is 5.11 Å². The zero-order valence-corrected chi connectivity index (χ0v) is 9.09. The maximum absolute atomic E-state index is 8.53. The van der Waals surface area contributed by atoms with Crippen molar-refractivity contribution in [2.24, 2.45) is 0 Å². The molecule has 0 amide bonds. The van der Waals surface area contributed by atoms with E-state index >= 15 is 0 Å². The van der Waals surface area contributed by atoms with E-state index in [4.69, 9.17) is 5.11 Å². The van der Waals surface area contributed by atoms with E-state index in [0.717, 1.165) is 18.1 Å². The molecular weight excluding hydrogens is 194 g/mol. The summed E-state index contributed by atoms with van der Waals surface area (Å²) in [5.74, 6) is 2.16. The molecule has 0 unspecified atom stereocenters. The fourth-order valence-corrected chi connectivity index (χ4v) is 1.97. The van der Waals surface area contributed by atoms with Crippen LogP contribution in [0.4, 0.5) is 0 Å². The Balaban J connectivity index is 1.99. The molecule has 2 N–H and O–H groups in total. The first-order chi connectivity index (χ1) is 6.93. The van der Waals surface area contributed by atoms with Crippen molar-refractivity contribution in [3.63, 3.8) is 0 Å². The minimum atomic E-state index is 0.226.